The van der Waals surface area contributed by atoms with Gasteiger partial charge < -0.3 is 5.11 Å². The van der Waals surface area contributed by atoms with Gasteiger partial charge in [0.1, 0.15) is 11.9 Å². The molecule has 1 fully saturated rings. The van der Waals surface area contributed by atoms with Crippen LogP contribution in [0.2, 0.25) is 0 Å². The molecule has 1 N–H and O–H groups in total. The zero-order valence-corrected chi connectivity index (χ0v) is 9.53. The van der Waals surface area contributed by atoms with Gasteiger partial charge in [0.2, 0.25) is 0 Å². The Morgan fingerprint density at radius 2 is 1.69 bits per heavy atom. The second-order valence-corrected chi connectivity index (χ2v) is 4.71. The molecular formula is C14H19FO. The van der Waals surface area contributed by atoms with Crippen LogP contribution in [0.3, 0.4) is 0 Å². The molecule has 2 heteroatoms. The van der Waals surface area contributed by atoms with Crippen molar-refractivity contribution in [3.63, 3.8) is 0 Å². The highest BCUT2D eigenvalue weighted by atomic mass is 19.1. The summed E-state index contributed by atoms with van der Waals surface area (Å²) in [6.07, 6.45) is 5.61. The molecule has 2 rings (SSSR count). The summed E-state index contributed by atoms with van der Waals surface area (Å²) in [5, 5.41) is 9.64. The van der Waals surface area contributed by atoms with E-state index in [0.29, 0.717) is 5.56 Å². The van der Waals surface area contributed by atoms with Crippen molar-refractivity contribution in [2.75, 3.05) is 0 Å². The Bertz CT molecular complexity index is 329. The lowest BCUT2D eigenvalue weighted by Crippen LogP contribution is -2.08. The lowest BCUT2D eigenvalue weighted by molar-refractivity contribution is 0.207. The second-order valence-electron chi connectivity index (χ2n) is 4.71. The van der Waals surface area contributed by atoms with Crippen LogP contribution in [0.4, 0.5) is 4.39 Å². The monoisotopic (exact) mass is 222 g/mol. The maximum absolute atomic E-state index is 14.3. The Hall–Kier alpha value is -1.05. The Labute approximate surface area is 96.3 Å². The zero-order valence-electron chi connectivity index (χ0n) is 9.53. The second kappa shape index (κ2) is 5.33. The summed E-state index contributed by atoms with van der Waals surface area (Å²) in [5.74, 6) is 0.190. The van der Waals surface area contributed by atoms with E-state index in [0.717, 1.165) is 25.7 Å². The molecule has 1 aliphatic carbocycles. The molecule has 1 saturated carbocycles. The fourth-order valence-corrected chi connectivity index (χ4v) is 2.58. The smallest absolute Gasteiger partial charge is 0.131 e. The Kier molecular flexibility index (Phi) is 3.81. The average Bonchev–Trinajstić information content (AvgIpc) is 2.57. The maximum Gasteiger partial charge on any atom is 0.131 e. The maximum atomic E-state index is 14.3. The standard InChI is InChI=1S/C14H19FO/c15-14(11-7-3-1-2-4-8-11)12-9-5-6-10-13(12)16/h5-6,9-11,14,16H,1-4,7-8H2. The quantitative estimate of drug-likeness (QED) is 0.736. The number of aromatic hydroxyl groups is 1. The summed E-state index contributed by atoms with van der Waals surface area (Å²) in [5.41, 5.74) is 0.467. The summed E-state index contributed by atoms with van der Waals surface area (Å²) in [6, 6.07) is 6.79. The van der Waals surface area contributed by atoms with Crippen molar-refractivity contribution in [1.82, 2.24) is 0 Å². The molecule has 0 saturated heterocycles. The third-order valence-electron chi connectivity index (χ3n) is 3.55. The number of alkyl halides is 1. The van der Waals surface area contributed by atoms with Gasteiger partial charge in [-0.05, 0) is 24.8 Å². The van der Waals surface area contributed by atoms with Crippen LogP contribution in [-0.4, -0.2) is 5.11 Å². The third kappa shape index (κ3) is 2.55. The molecule has 1 nitrogen and oxygen atoms in total. The molecule has 1 aromatic rings. The average molecular weight is 222 g/mol. The van der Waals surface area contributed by atoms with Crippen LogP contribution in [0, 0.1) is 5.92 Å². The Morgan fingerprint density at radius 1 is 1.06 bits per heavy atom. The Morgan fingerprint density at radius 3 is 2.31 bits per heavy atom. The number of benzene rings is 1. The molecule has 0 aliphatic heterocycles. The lowest BCUT2D eigenvalue weighted by atomic mass is 9.90. The van der Waals surface area contributed by atoms with Crippen LogP contribution in [0.25, 0.3) is 0 Å². The minimum absolute atomic E-state index is 0.0933. The largest absolute Gasteiger partial charge is 0.508 e. The van der Waals surface area contributed by atoms with E-state index in [-0.39, 0.29) is 11.7 Å². The van der Waals surface area contributed by atoms with Crippen molar-refractivity contribution < 1.29 is 9.50 Å². The molecule has 1 aliphatic rings. The first-order valence-electron chi connectivity index (χ1n) is 6.21. The molecule has 16 heavy (non-hydrogen) atoms. The molecule has 0 spiro atoms. The summed E-state index contributed by atoms with van der Waals surface area (Å²) in [6.45, 7) is 0. The van der Waals surface area contributed by atoms with Crippen molar-refractivity contribution >= 4 is 0 Å². The van der Waals surface area contributed by atoms with Gasteiger partial charge in [0.25, 0.3) is 0 Å². The molecule has 0 aromatic heterocycles. The fraction of sp³-hybridized carbons (Fsp3) is 0.571. The van der Waals surface area contributed by atoms with Crippen LogP contribution in [0.1, 0.15) is 50.3 Å². The number of para-hydroxylation sites is 1. The van der Waals surface area contributed by atoms with Crippen molar-refractivity contribution in [3.8, 4) is 5.75 Å². The first kappa shape index (κ1) is 11.4. The summed E-state index contributed by atoms with van der Waals surface area (Å²) < 4.78 is 14.3. The number of rotatable bonds is 2. The van der Waals surface area contributed by atoms with Gasteiger partial charge in [-0.25, -0.2) is 4.39 Å². The summed E-state index contributed by atoms with van der Waals surface area (Å²) in [4.78, 5) is 0. The number of hydrogen-bond donors (Lipinski definition) is 1. The fourth-order valence-electron chi connectivity index (χ4n) is 2.58. The van der Waals surface area contributed by atoms with Gasteiger partial charge in [-0.1, -0.05) is 43.9 Å². The van der Waals surface area contributed by atoms with Gasteiger partial charge in [-0.15, -0.1) is 0 Å². The molecule has 0 amide bonds. The predicted octanol–water partition coefficient (Wildman–Crippen LogP) is 4.37. The molecule has 1 unspecified atom stereocenters. The highest BCUT2D eigenvalue weighted by Crippen LogP contribution is 2.39. The van der Waals surface area contributed by atoms with Gasteiger partial charge in [0.15, 0.2) is 0 Å². The molecule has 0 bridgehead atoms. The molecular weight excluding hydrogens is 203 g/mol. The van der Waals surface area contributed by atoms with Crippen molar-refractivity contribution in [1.29, 1.82) is 0 Å². The van der Waals surface area contributed by atoms with Gasteiger partial charge in [0.05, 0.1) is 0 Å². The van der Waals surface area contributed by atoms with E-state index in [4.69, 9.17) is 0 Å². The molecule has 1 aromatic carbocycles. The first-order valence-corrected chi connectivity index (χ1v) is 6.21. The highest BCUT2D eigenvalue weighted by molar-refractivity contribution is 5.34. The number of phenols is 1. The van der Waals surface area contributed by atoms with Crippen molar-refractivity contribution in [2.45, 2.75) is 44.7 Å². The summed E-state index contributed by atoms with van der Waals surface area (Å²) >= 11 is 0. The van der Waals surface area contributed by atoms with E-state index >= 15 is 0 Å². The number of hydrogen-bond acceptors (Lipinski definition) is 1. The van der Waals surface area contributed by atoms with Crippen molar-refractivity contribution in [3.05, 3.63) is 29.8 Å². The zero-order chi connectivity index (χ0) is 11.4. The van der Waals surface area contributed by atoms with Crippen molar-refractivity contribution in [2.24, 2.45) is 5.92 Å². The van der Waals surface area contributed by atoms with Crippen LogP contribution >= 0.6 is 0 Å². The SMILES string of the molecule is Oc1ccccc1C(F)C1CCCCCC1. The normalized spacial score (nSPS) is 20.3. The van der Waals surface area contributed by atoms with Gasteiger partial charge in [-0.2, -0.15) is 0 Å². The lowest BCUT2D eigenvalue weighted by Gasteiger charge is -2.20. The molecule has 0 heterocycles. The topological polar surface area (TPSA) is 20.2 Å². The van der Waals surface area contributed by atoms with Crippen LogP contribution in [-0.2, 0) is 0 Å². The molecule has 0 radical (unpaired) electrons. The van der Waals surface area contributed by atoms with E-state index in [9.17, 15) is 9.50 Å². The predicted molar refractivity (Wildman–Crippen MR) is 63.1 cm³/mol. The van der Waals surface area contributed by atoms with Crippen LogP contribution in [0.15, 0.2) is 24.3 Å². The van der Waals surface area contributed by atoms with E-state index < -0.39 is 6.17 Å². The van der Waals surface area contributed by atoms with Gasteiger partial charge in [0, 0.05) is 5.56 Å². The van der Waals surface area contributed by atoms with E-state index in [1.54, 1.807) is 24.3 Å². The van der Waals surface area contributed by atoms with Crippen LogP contribution < -0.4 is 0 Å². The number of phenolic OH excluding ortho intramolecular Hbond substituents is 1. The van der Waals surface area contributed by atoms with E-state index in [1.807, 2.05) is 0 Å². The third-order valence-corrected chi connectivity index (χ3v) is 3.55. The van der Waals surface area contributed by atoms with Gasteiger partial charge in [-0.3, -0.25) is 0 Å². The molecule has 1 atom stereocenters. The molecule has 88 valence electrons. The summed E-state index contributed by atoms with van der Waals surface area (Å²) in [7, 11) is 0. The number of halogens is 1. The van der Waals surface area contributed by atoms with E-state index in [2.05, 4.69) is 0 Å². The van der Waals surface area contributed by atoms with E-state index in [1.165, 1.54) is 12.8 Å². The van der Waals surface area contributed by atoms with Gasteiger partial charge >= 0.3 is 0 Å². The first-order chi connectivity index (χ1) is 7.79. The highest BCUT2D eigenvalue weighted by Gasteiger charge is 2.25. The minimum Gasteiger partial charge on any atom is -0.508 e. The minimum atomic E-state index is -1.00. The van der Waals surface area contributed by atoms with Crippen LogP contribution in [0.5, 0.6) is 5.75 Å². The Balaban J connectivity index is 2.11.